The number of piperidine rings is 1. The highest BCUT2D eigenvalue weighted by Gasteiger charge is 2.20. The molecule has 4 nitrogen and oxygen atoms in total. The summed E-state index contributed by atoms with van der Waals surface area (Å²) in [5, 5.41) is 8.48. The van der Waals surface area contributed by atoms with E-state index in [1.54, 1.807) is 12.3 Å². The fraction of sp³-hybridized carbons (Fsp3) is 0.467. The van der Waals surface area contributed by atoms with Crippen LogP contribution in [0.4, 0.5) is 4.39 Å². The zero-order chi connectivity index (χ0) is 14.7. The number of nitrogens with zero attached hydrogens (tertiary/aromatic N) is 4. The normalized spacial score (nSPS) is 17.2. The fourth-order valence-corrected chi connectivity index (χ4v) is 3.00. The Hall–Kier alpha value is -1.46. The first-order chi connectivity index (χ1) is 10.2. The first-order valence-electron chi connectivity index (χ1n) is 7.21. The van der Waals surface area contributed by atoms with Gasteiger partial charge in [0.1, 0.15) is 5.82 Å². The molecule has 0 amide bonds. The Morgan fingerprint density at radius 3 is 2.81 bits per heavy atom. The number of likely N-dealkylation sites (tertiary alicyclic amines) is 1. The molecule has 21 heavy (non-hydrogen) atoms. The average molecular weight is 309 g/mol. The average Bonchev–Trinajstić information content (AvgIpc) is 2.98. The van der Waals surface area contributed by atoms with E-state index in [1.165, 1.54) is 12.1 Å². The summed E-state index contributed by atoms with van der Waals surface area (Å²) in [6, 6.07) is 4.56. The third kappa shape index (κ3) is 3.80. The lowest BCUT2D eigenvalue weighted by Crippen LogP contribution is -2.34. The van der Waals surface area contributed by atoms with Crippen LogP contribution in [0.3, 0.4) is 0 Å². The van der Waals surface area contributed by atoms with Crippen molar-refractivity contribution in [3.05, 3.63) is 47.0 Å². The van der Waals surface area contributed by atoms with Gasteiger partial charge in [-0.2, -0.15) is 0 Å². The molecule has 6 heteroatoms. The van der Waals surface area contributed by atoms with Gasteiger partial charge in [-0.15, -0.1) is 5.10 Å². The van der Waals surface area contributed by atoms with E-state index in [-0.39, 0.29) is 5.82 Å². The van der Waals surface area contributed by atoms with Crippen LogP contribution in [0, 0.1) is 11.7 Å². The van der Waals surface area contributed by atoms with Gasteiger partial charge in [0.25, 0.3) is 0 Å². The molecule has 3 rings (SSSR count). The van der Waals surface area contributed by atoms with Crippen LogP contribution in [0.5, 0.6) is 0 Å². The standard InChI is InChI=1S/C15H18ClFN4/c16-15-2-1-14(17)9-13(15)11-20-6-3-12(4-7-20)10-21-8-5-18-19-21/h1-2,5,8-9,12H,3-4,6-7,10-11H2. The van der Waals surface area contributed by atoms with E-state index in [2.05, 4.69) is 15.2 Å². The predicted molar refractivity (Wildman–Crippen MR) is 79.4 cm³/mol. The minimum atomic E-state index is -0.226. The van der Waals surface area contributed by atoms with Crippen LogP contribution in [-0.2, 0) is 13.1 Å². The van der Waals surface area contributed by atoms with Crippen molar-refractivity contribution in [2.24, 2.45) is 5.92 Å². The molecule has 1 saturated heterocycles. The van der Waals surface area contributed by atoms with Crippen molar-refractivity contribution in [3.63, 3.8) is 0 Å². The largest absolute Gasteiger partial charge is 0.299 e. The second-order valence-electron chi connectivity index (χ2n) is 5.58. The summed E-state index contributed by atoms with van der Waals surface area (Å²) in [7, 11) is 0. The van der Waals surface area contributed by atoms with Crippen LogP contribution in [0.15, 0.2) is 30.6 Å². The van der Waals surface area contributed by atoms with Crippen LogP contribution in [0.25, 0.3) is 0 Å². The van der Waals surface area contributed by atoms with Gasteiger partial charge in [0, 0.05) is 24.3 Å². The van der Waals surface area contributed by atoms with Gasteiger partial charge < -0.3 is 0 Å². The third-order valence-electron chi connectivity index (χ3n) is 4.03. The maximum absolute atomic E-state index is 13.3. The van der Waals surface area contributed by atoms with E-state index in [1.807, 2.05) is 10.9 Å². The Bertz CT molecular complexity index is 579. The molecule has 0 unspecified atom stereocenters. The van der Waals surface area contributed by atoms with Gasteiger partial charge in [-0.3, -0.25) is 9.58 Å². The quantitative estimate of drug-likeness (QED) is 0.871. The summed E-state index contributed by atoms with van der Waals surface area (Å²) in [4.78, 5) is 2.33. The lowest BCUT2D eigenvalue weighted by Gasteiger charge is -2.32. The number of rotatable bonds is 4. The molecule has 1 aliphatic heterocycles. The minimum absolute atomic E-state index is 0.226. The van der Waals surface area contributed by atoms with Crippen LogP contribution in [-0.4, -0.2) is 33.0 Å². The Balaban J connectivity index is 1.52. The zero-order valence-corrected chi connectivity index (χ0v) is 12.5. The maximum atomic E-state index is 13.3. The van der Waals surface area contributed by atoms with Crippen molar-refractivity contribution < 1.29 is 4.39 Å². The van der Waals surface area contributed by atoms with Crippen LogP contribution in [0.2, 0.25) is 5.02 Å². The monoisotopic (exact) mass is 308 g/mol. The molecule has 0 saturated carbocycles. The topological polar surface area (TPSA) is 34.0 Å². The van der Waals surface area contributed by atoms with E-state index >= 15 is 0 Å². The summed E-state index contributed by atoms with van der Waals surface area (Å²) in [6.45, 7) is 3.65. The van der Waals surface area contributed by atoms with E-state index < -0.39 is 0 Å². The number of benzene rings is 1. The minimum Gasteiger partial charge on any atom is -0.299 e. The van der Waals surface area contributed by atoms with Gasteiger partial charge in [0.2, 0.25) is 0 Å². The number of hydrogen-bond acceptors (Lipinski definition) is 3. The van der Waals surface area contributed by atoms with Crippen molar-refractivity contribution >= 4 is 11.6 Å². The van der Waals surface area contributed by atoms with Gasteiger partial charge in [0.15, 0.2) is 0 Å². The Kier molecular flexibility index (Phi) is 4.51. The molecule has 1 aromatic carbocycles. The molecule has 0 spiro atoms. The van der Waals surface area contributed by atoms with Gasteiger partial charge in [-0.1, -0.05) is 16.8 Å². The van der Waals surface area contributed by atoms with Gasteiger partial charge in [-0.25, -0.2) is 4.39 Å². The highest BCUT2D eigenvalue weighted by molar-refractivity contribution is 6.31. The molecule has 0 atom stereocenters. The lowest BCUT2D eigenvalue weighted by molar-refractivity contribution is 0.164. The van der Waals surface area contributed by atoms with Crippen molar-refractivity contribution in [1.82, 2.24) is 19.9 Å². The number of hydrogen-bond donors (Lipinski definition) is 0. The molecular formula is C15H18ClFN4. The second-order valence-corrected chi connectivity index (χ2v) is 5.99. The first-order valence-corrected chi connectivity index (χ1v) is 7.59. The predicted octanol–water partition coefficient (Wildman–Crippen LogP) is 2.98. The van der Waals surface area contributed by atoms with Crippen molar-refractivity contribution in [2.75, 3.05) is 13.1 Å². The van der Waals surface area contributed by atoms with Crippen molar-refractivity contribution in [2.45, 2.75) is 25.9 Å². The SMILES string of the molecule is Fc1ccc(Cl)c(CN2CCC(Cn3ccnn3)CC2)c1. The first kappa shape index (κ1) is 14.5. The highest BCUT2D eigenvalue weighted by Crippen LogP contribution is 2.23. The number of halogens is 2. The van der Waals surface area contributed by atoms with Crippen LogP contribution >= 0.6 is 11.6 Å². The molecule has 1 aliphatic rings. The fourth-order valence-electron chi connectivity index (χ4n) is 2.83. The highest BCUT2D eigenvalue weighted by atomic mass is 35.5. The van der Waals surface area contributed by atoms with Crippen LogP contribution in [0.1, 0.15) is 18.4 Å². The maximum Gasteiger partial charge on any atom is 0.123 e. The van der Waals surface area contributed by atoms with E-state index in [4.69, 9.17) is 11.6 Å². The summed E-state index contributed by atoms with van der Waals surface area (Å²) in [6.07, 6.45) is 5.85. The molecule has 0 aliphatic carbocycles. The number of aromatic nitrogens is 3. The van der Waals surface area contributed by atoms with Crippen molar-refractivity contribution in [1.29, 1.82) is 0 Å². The van der Waals surface area contributed by atoms with Gasteiger partial charge >= 0.3 is 0 Å². The zero-order valence-electron chi connectivity index (χ0n) is 11.8. The third-order valence-corrected chi connectivity index (χ3v) is 4.39. The van der Waals surface area contributed by atoms with Crippen molar-refractivity contribution in [3.8, 4) is 0 Å². The summed E-state index contributed by atoms with van der Waals surface area (Å²) < 4.78 is 15.2. The Labute approximate surface area is 128 Å². The molecule has 2 heterocycles. The lowest BCUT2D eigenvalue weighted by atomic mass is 9.96. The summed E-state index contributed by atoms with van der Waals surface area (Å²) in [5.74, 6) is 0.404. The van der Waals surface area contributed by atoms with Gasteiger partial charge in [-0.05, 0) is 55.6 Å². The molecule has 1 fully saturated rings. The van der Waals surface area contributed by atoms with E-state index in [0.29, 0.717) is 17.5 Å². The molecule has 0 N–H and O–H groups in total. The van der Waals surface area contributed by atoms with Gasteiger partial charge in [0.05, 0.1) is 6.20 Å². The molecule has 0 radical (unpaired) electrons. The molecular weight excluding hydrogens is 291 g/mol. The smallest absolute Gasteiger partial charge is 0.123 e. The Morgan fingerprint density at radius 1 is 1.29 bits per heavy atom. The summed E-state index contributed by atoms with van der Waals surface area (Å²) >= 11 is 6.13. The summed E-state index contributed by atoms with van der Waals surface area (Å²) in [5.41, 5.74) is 0.867. The Morgan fingerprint density at radius 2 is 2.10 bits per heavy atom. The van der Waals surface area contributed by atoms with E-state index in [0.717, 1.165) is 38.0 Å². The second kappa shape index (κ2) is 6.54. The molecule has 2 aromatic rings. The molecule has 112 valence electrons. The molecule has 1 aromatic heterocycles. The van der Waals surface area contributed by atoms with E-state index in [9.17, 15) is 4.39 Å². The molecule has 0 bridgehead atoms. The van der Waals surface area contributed by atoms with Crippen LogP contribution < -0.4 is 0 Å².